The second kappa shape index (κ2) is 7.98. The van der Waals surface area contributed by atoms with Crippen LogP contribution in [-0.4, -0.2) is 16.8 Å². The molecule has 2 aromatic carbocycles. The second-order valence-electron chi connectivity index (χ2n) is 7.35. The van der Waals surface area contributed by atoms with Crippen LogP contribution >= 0.6 is 23.2 Å². The summed E-state index contributed by atoms with van der Waals surface area (Å²) in [6.45, 7) is 5.75. The third kappa shape index (κ3) is 3.80. The van der Waals surface area contributed by atoms with E-state index in [9.17, 15) is 14.7 Å². The number of nitrogens with zero attached hydrogens (tertiary/aromatic N) is 1. The fraction of sp³-hybridized carbons (Fsp3) is 0.273. The Morgan fingerprint density at radius 3 is 2.32 bits per heavy atom. The number of ketones is 1. The van der Waals surface area contributed by atoms with Gasteiger partial charge >= 0.3 is 0 Å². The molecule has 0 fully saturated rings. The molecule has 4 nitrogen and oxygen atoms in total. The van der Waals surface area contributed by atoms with Gasteiger partial charge in [-0.05, 0) is 42.2 Å². The van der Waals surface area contributed by atoms with E-state index < -0.39 is 17.7 Å². The van der Waals surface area contributed by atoms with Crippen molar-refractivity contribution in [3.8, 4) is 0 Å². The number of aliphatic hydroxyl groups excluding tert-OH is 1. The first kappa shape index (κ1) is 20.4. The molecule has 1 N–H and O–H groups in total. The lowest BCUT2D eigenvalue weighted by Crippen LogP contribution is -2.31. The van der Waals surface area contributed by atoms with Crippen LogP contribution in [0.1, 0.15) is 37.4 Å². The van der Waals surface area contributed by atoms with E-state index in [1.807, 2.05) is 45.0 Å². The Balaban J connectivity index is 2.21. The van der Waals surface area contributed by atoms with Gasteiger partial charge in [0.15, 0.2) is 11.5 Å². The van der Waals surface area contributed by atoms with Crippen molar-refractivity contribution in [2.75, 3.05) is 4.90 Å². The van der Waals surface area contributed by atoms with E-state index in [-0.39, 0.29) is 23.7 Å². The number of carbonyl (C=O) groups excluding carboxylic acids is 2. The van der Waals surface area contributed by atoms with Crippen LogP contribution in [0, 0.1) is 12.8 Å². The monoisotopic (exact) mass is 417 g/mol. The molecule has 6 heteroatoms. The molecular weight excluding hydrogens is 397 g/mol. The number of hydrogen-bond acceptors (Lipinski definition) is 3. The molecule has 0 spiro atoms. The van der Waals surface area contributed by atoms with E-state index in [0.29, 0.717) is 15.7 Å². The molecule has 1 aliphatic rings. The summed E-state index contributed by atoms with van der Waals surface area (Å²) in [5, 5.41) is 11.4. The summed E-state index contributed by atoms with van der Waals surface area (Å²) in [6.07, 6.45) is 0.235. The number of rotatable bonds is 5. The summed E-state index contributed by atoms with van der Waals surface area (Å²) >= 11 is 12.3. The number of hydrogen-bond donors (Lipinski definition) is 1. The quantitative estimate of drug-likeness (QED) is 0.666. The van der Waals surface area contributed by atoms with Gasteiger partial charge in [-0.15, -0.1) is 0 Å². The largest absolute Gasteiger partial charge is 0.503 e. The predicted octanol–water partition coefficient (Wildman–Crippen LogP) is 5.82. The summed E-state index contributed by atoms with van der Waals surface area (Å²) in [4.78, 5) is 27.4. The van der Waals surface area contributed by atoms with Gasteiger partial charge in [-0.1, -0.05) is 61.3 Å². The van der Waals surface area contributed by atoms with E-state index in [4.69, 9.17) is 23.2 Å². The van der Waals surface area contributed by atoms with Crippen molar-refractivity contribution in [2.45, 2.75) is 33.2 Å². The first-order valence-electron chi connectivity index (χ1n) is 9.02. The van der Waals surface area contributed by atoms with Crippen molar-refractivity contribution in [3.05, 3.63) is 75.0 Å². The molecule has 1 heterocycles. The fourth-order valence-corrected chi connectivity index (χ4v) is 4.02. The second-order valence-corrected chi connectivity index (χ2v) is 8.22. The first-order chi connectivity index (χ1) is 13.2. The van der Waals surface area contributed by atoms with Gasteiger partial charge in [0.2, 0.25) is 0 Å². The summed E-state index contributed by atoms with van der Waals surface area (Å²) in [5.41, 5.74) is 2.21. The van der Waals surface area contributed by atoms with E-state index >= 15 is 0 Å². The molecule has 0 radical (unpaired) electrons. The van der Waals surface area contributed by atoms with Crippen LogP contribution in [0.3, 0.4) is 0 Å². The molecule has 0 aliphatic carbocycles. The van der Waals surface area contributed by atoms with Crippen molar-refractivity contribution in [3.63, 3.8) is 0 Å². The van der Waals surface area contributed by atoms with Crippen molar-refractivity contribution >= 4 is 40.6 Å². The molecule has 28 heavy (non-hydrogen) atoms. The lowest BCUT2D eigenvalue weighted by molar-refractivity contribution is -0.118. The topological polar surface area (TPSA) is 57.6 Å². The van der Waals surface area contributed by atoms with E-state index in [2.05, 4.69) is 0 Å². The molecular formula is C22H21Cl2NO3. The number of anilines is 1. The highest BCUT2D eigenvalue weighted by atomic mass is 35.5. The highest BCUT2D eigenvalue weighted by Crippen LogP contribution is 2.43. The summed E-state index contributed by atoms with van der Waals surface area (Å²) < 4.78 is 0. The predicted molar refractivity (Wildman–Crippen MR) is 112 cm³/mol. The highest BCUT2D eigenvalue weighted by Gasteiger charge is 2.44. The van der Waals surface area contributed by atoms with Crippen LogP contribution < -0.4 is 4.90 Å². The van der Waals surface area contributed by atoms with E-state index in [0.717, 1.165) is 11.1 Å². The molecule has 0 aromatic heterocycles. The Kier molecular flexibility index (Phi) is 5.82. The smallest absolute Gasteiger partial charge is 0.294 e. The van der Waals surface area contributed by atoms with Crippen LogP contribution in [0.4, 0.5) is 5.69 Å². The number of halogens is 2. The van der Waals surface area contributed by atoms with Gasteiger partial charge in [0.25, 0.3) is 5.91 Å². The minimum atomic E-state index is -0.741. The Morgan fingerprint density at radius 2 is 1.75 bits per heavy atom. The molecule has 2 aromatic rings. The average Bonchev–Trinajstić information content (AvgIpc) is 2.85. The summed E-state index contributed by atoms with van der Waals surface area (Å²) in [5.74, 6) is -1.31. The number of carbonyl (C=O) groups is 2. The van der Waals surface area contributed by atoms with Crippen LogP contribution in [0.5, 0.6) is 0 Å². The minimum Gasteiger partial charge on any atom is -0.503 e. The number of amides is 1. The first-order valence-corrected chi connectivity index (χ1v) is 9.77. The fourth-order valence-electron chi connectivity index (χ4n) is 3.50. The van der Waals surface area contributed by atoms with E-state index in [1.165, 1.54) is 4.90 Å². The zero-order valence-corrected chi connectivity index (χ0v) is 17.4. The summed E-state index contributed by atoms with van der Waals surface area (Å²) in [7, 11) is 0. The maximum atomic E-state index is 13.0. The Labute approximate surface area is 174 Å². The van der Waals surface area contributed by atoms with Crippen LogP contribution in [0.15, 0.2) is 53.8 Å². The number of Topliss-reactive ketones (excluding diaryl/α,β-unsaturated/α-hetero) is 1. The molecule has 3 rings (SSSR count). The van der Waals surface area contributed by atoms with Crippen molar-refractivity contribution < 1.29 is 14.7 Å². The number of aliphatic hydroxyl groups is 1. The molecule has 0 saturated carbocycles. The van der Waals surface area contributed by atoms with Gasteiger partial charge in [-0.2, -0.15) is 0 Å². The van der Waals surface area contributed by atoms with E-state index in [1.54, 1.807) is 18.2 Å². The summed E-state index contributed by atoms with van der Waals surface area (Å²) in [6, 6.07) is 11.5. The lowest BCUT2D eigenvalue weighted by Gasteiger charge is -2.28. The molecule has 1 unspecified atom stereocenters. The lowest BCUT2D eigenvalue weighted by atomic mass is 9.90. The Bertz CT molecular complexity index is 961. The molecule has 0 saturated heterocycles. The van der Waals surface area contributed by atoms with Crippen molar-refractivity contribution in [1.29, 1.82) is 0 Å². The molecule has 1 aliphatic heterocycles. The number of aryl methyl sites for hydroxylation is 1. The average molecular weight is 418 g/mol. The molecule has 146 valence electrons. The SMILES string of the molecule is Cc1ccccc1C1C(C(=O)CC(C)C)=C(O)C(=O)N1c1cc(Cl)cc(Cl)c1. The van der Waals surface area contributed by atoms with Gasteiger partial charge in [0.1, 0.15) is 0 Å². The van der Waals surface area contributed by atoms with Gasteiger partial charge < -0.3 is 5.11 Å². The zero-order valence-electron chi connectivity index (χ0n) is 15.9. The third-order valence-corrected chi connectivity index (χ3v) is 5.15. The minimum absolute atomic E-state index is 0.0927. The van der Waals surface area contributed by atoms with Crippen molar-refractivity contribution in [2.24, 2.45) is 5.92 Å². The maximum absolute atomic E-state index is 13.0. The molecule has 1 atom stereocenters. The number of benzene rings is 2. The Hall–Kier alpha value is -2.30. The van der Waals surface area contributed by atoms with Crippen LogP contribution in [0.2, 0.25) is 10.0 Å². The van der Waals surface area contributed by atoms with Gasteiger partial charge in [0.05, 0.1) is 11.6 Å². The van der Waals surface area contributed by atoms with Crippen molar-refractivity contribution in [1.82, 2.24) is 0 Å². The van der Waals surface area contributed by atoms with Gasteiger partial charge in [0, 0.05) is 22.2 Å². The van der Waals surface area contributed by atoms with Crippen LogP contribution in [-0.2, 0) is 9.59 Å². The normalized spacial score (nSPS) is 17.0. The Morgan fingerprint density at radius 1 is 1.14 bits per heavy atom. The van der Waals surface area contributed by atoms with Crippen LogP contribution in [0.25, 0.3) is 0 Å². The maximum Gasteiger partial charge on any atom is 0.294 e. The molecule has 0 bridgehead atoms. The zero-order chi connectivity index (χ0) is 20.6. The van der Waals surface area contributed by atoms with Gasteiger partial charge in [-0.3, -0.25) is 14.5 Å². The van der Waals surface area contributed by atoms with Gasteiger partial charge in [-0.25, -0.2) is 0 Å². The highest BCUT2D eigenvalue weighted by molar-refractivity contribution is 6.35. The third-order valence-electron chi connectivity index (χ3n) is 4.71. The standard InChI is InChI=1S/C22H21Cl2NO3/c1-12(2)8-18(26)19-20(17-7-5-4-6-13(17)3)25(22(28)21(19)27)16-10-14(23)9-15(24)11-16/h4-7,9-12,20,27H,8H2,1-3H3. The molecule has 1 amide bonds.